The van der Waals surface area contributed by atoms with Gasteiger partial charge in [0.1, 0.15) is 0 Å². The summed E-state index contributed by atoms with van der Waals surface area (Å²) in [5, 5.41) is 0. The molecule has 0 aliphatic heterocycles. The lowest BCUT2D eigenvalue weighted by molar-refractivity contribution is 0.517. The summed E-state index contributed by atoms with van der Waals surface area (Å²) in [7, 11) is 0. The minimum Gasteiger partial charge on any atom is -0.0651 e. The lowest BCUT2D eigenvalue weighted by atomic mass is 9.98. The van der Waals surface area contributed by atoms with E-state index < -0.39 is 0 Å². The van der Waals surface area contributed by atoms with Crippen molar-refractivity contribution in [2.75, 3.05) is 0 Å². The molecule has 0 saturated heterocycles. The zero-order valence-corrected chi connectivity index (χ0v) is 8.56. The second-order valence-corrected chi connectivity index (χ2v) is 4.01. The van der Waals surface area contributed by atoms with Crippen molar-refractivity contribution in [1.82, 2.24) is 0 Å². The third kappa shape index (κ3) is 7.90. The van der Waals surface area contributed by atoms with Crippen molar-refractivity contribution >= 4 is 0 Å². The summed E-state index contributed by atoms with van der Waals surface area (Å²) in [4.78, 5) is 0. The van der Waals surface area contributed by atoms with Crippen molar-refractivity contribution in [2.45, 2.75) is 53.4 Å². The Labute approximate surface area is 72.4 Å². The first-order valence-corrected chi connectivity index (χ1v) is 4.98. The van der Waals surface area contributed by atoms with Crippen LogP contribution in [0.4, 0.5) is 0 Å². The highest BCUT2D eigenvalue weighted by Gasteiger charge is 1.99. The summed E-state index contributed by atoms with van der Waals surface area (Å²) in [6.07, 6.45) is 7.74. The second kappa shape index (κ2) is 6.69. The lowest BCUT2D eigenvalue weighted by Crippen LogP contribution is -1.94. The quantitative estimate of drug-likeness (QED) is 0.507. The molecule has 0 rings (SSSR count). The first kappa shape index (κ1) is 11.0. The molecule has 0 aliphatic rings. The highest BCUT2D eigenvalue weighted by molar-refractivity contribution is 4.68. The highest BCUT2D eigenvalue weighted by Crippen LogP contribution is 2.13. The molecule has 1 radical (unpaired) electrons. The standard InChI is InChI=1S/C11H23/c1-5-11(4)9-7-6-8-10(2)3/h7,10-11H,5-6,8-9H2,1-4H3. The SMILES string of the molecule is CCC(C)C[CH]CCC(C)C. The fourth-order valence-corrected chi connectivity index (χ4v) is 1.02. The number of unbranched alkanes of at least 4 members (excludes halogenated alkanes) is 1. The molecule has 0 N–H and O–H groups in total. The molecule has 0 bridgehead atoms. The highest BCUT2D eigenvalue weighted by atomic mass is 14.0. The average Bonchev–Trinajstić information content (AvgIpc) is 1.97. The fourth-order valence-electron chi connectivity index (χ4n) is 1.02. The maximum atomic E-state index is 2.45. The van der Waals surface area contributed by atoms with E-state index in [1.807, 2.05) is 0 Å². The van der Waals surface area contributed by atoms with Gasteiger partial charge >= 0.3 is 0 Å². The number of hydrogen-bond acceptors (Lipinski definition) is 0. The minimum atomic E-state index is 0.864. The first-order chi connectivity index (χ1) is 5.16. The molecule has 1 unspecified atom stereocenters. The fraction of sp³-hybridized carbons (Fsp3) is 0.909. The van der Waals surface area contributed by atoms with Crippen molar-refractivity contribution in [3.63, 3.8) is 0 Å². The van der Waals surface area contributed by atoms with Crippen molar-refractivity contribution in [1.29, 1.82) is 0 Å². The molecule has 0 nitrogen and oxygen atoms in total. The van der Waals surface area contributed by atoms with Crippen LogP contribution < -0.4 is 0 Å². The van der Waals surface area contributed by atoms with Crippen molar-refractivity contribution in [3.05, 3.63) is 6.42 Å². The van der Waals surface area contributed by atoms with Crippen LogP contribution in [0.2, 0.25) is 0 Å². The van der Waals surface area contributed by atoms with Crippen LogP contribution in [-0.2, 0) is 0 Å². The van der Waals surface area contributed by atoms with Gasteiger partial charge in [-0.3, -0.25) is 0 Å². The van der Waals surface area contributed by atoms with E-state index in [-0.39, 0.29) is 0 Å². The molecule has 0 aromatic carbocycles. The Morgan fingerprint density at radius 3 is 2.27 bits per heavy atom. The Kier molecular flexibility index (Phi) is 6.69. The lowest BCUT2D eigenvalue weighted by Gasteiger charge is -2.08. The molecule has 0 spiro atoms. The van der Waals surface area contributed by atoms with Crippen LogP contribution in [0.3, 0.4) is 0 Å². The van der Waals surface area contributed by atoms with Gasteiger partial charge in [0.25, 0.3) is 0 Å². The van der Waals surface area contributed by atoms with Gasteiger partial charge in [0, 0.05) is 0 Å². The van der Waals surface area contributed by atoms with Crippen LogP contribution in [0.1, 0.15) is 53.4 Å². The van der Waals surface area contributed by atoms with Gasteiger partial charge in [0.05, 0.1) is 0 Å². The van der Waals surface area contributed by atoms with E-state index in [1.165, 1.54) is 25.7 Å². The van der Waals surface area contributed by atoms with Gasteiger partial charge < -0.3 is 0 Å². The van der Waals surface area contributed by atoms with Gasteiger partial charge in [-0.25, -0.2) is 0 Å². The zero-order valence-electron chi connectivity index (χ0n) is 8.56. The topological polar surface area (TPSA) is 0 Å². The van der Waals surface area contributed by atoms with E-state index in [1.54, 1.807) is 0 Å². The van der Waals surface area contributed by atoms with Crippen LogP contribution in [0, 0.1) is 18.3 Å². The molecule has 0 aromatic heterocycles. The Bertz CT molecular complexity index is 74.1. The van der Waals surface area contributed by atoms with E-state index >= 15 is 0 Å². The van der Waals surface area contributed by atoms with E-state index in [9.17, 15) is 0 Å². The molecule has 67 valence electrons. The minimum absolute atomic E-state index is 0.864. The van der Waals surface area contributed by atoms with E-state index in [2.05, 4.69) is 34.1 Å². The van der Waals surface area contributed by atoms with E-state index in [0.717, 1.165) is 11.8 Å². The maximum Gasteiger partial charge on any atom is -0.0383 e. The number of hydrogen-bond donors (Lipinski definition) is 0. The maximum absolute atomic E-state index is 2.45. The summed E-state index contributed by atoms with van der Waals surface area (Å²) in [5.41, 5.74) is 0. The Hall–Kier alpha value is 0. The van der Waals surface area contributed by atoms with Gasteiger partial charge in [0.15, 0.2) is 0 Å². The van der Waals surface area contributed by atoms with Crippen LogP contribution in [-0.4, -0.2) is 0 Å². The van der Waals surface area contributed by atoms with E-state index in [4.69, 9.17) is 0 Å². The summed E-state index contributed by atoms with van der Waals surface area (Å²) in [5.74, 6) is 1.75. The molecule has 0 aliphatic carbocycles. The second-order valence-electron chi connectivity index (χ2n) is 4.01. The molecule has 0 aromatic rings. The van der Waals surface area contributed by atoms with Gasteiger partial charge in [-0.1, -0.05) is 40.5 Å². The van der Waals surface area contributed by atoms with Crippen molar-refractivity contribution in [2.24, 2.45) is 11.8 Å². The largest absolute Gasteiger partial charge is 0.0651 e. The molecule has 0 saturated carbocycles. The van der Waals surface area contributed by atoms with Crippen LogP contribution in [0.15, 0.2) is 0 Å². The molecule has 0 heteroatoms. The summed E-state index contributed by atoms with van der Waals surface area (Å²) >= 11 is 0. The first-order valence-electron chi connectivity index (χ1n) is 4.98. The molecule has 0 fully saturated rings. The molecule has 11 heavy (non-hydrogen) atoms. The van der Waals surface area contributed by atoms with Gasteiger partial charge in [-0.2, -0.15) is 0 Å². The normalized spacial score (nSPS) is 13.9. The average molecular weight is 155 g/mol. The van der Waals surface area contributed by atoms with Crippen LogP contribution in [0.5, 0.6) is 0 Å². The van der Waals surface area contributed by atoms with Crippen molar-refractivity contribution in [3.8, 4) is 0 Å². The molecule has 1 atom stereocenters. The molecule has 0 amide bonds. The summed E-state index contributed by atoms with van der Waals surface area (Å²) in [6, 6.07) is 0. The Morgan fingerprint density at radius 1 is 1.18 bits per heavy atom. The number of rotatable bonds is 6. The summed E-state index contributed by atoms with van der Waals surface area (Å²) in [6.45, 7) is 9.17. The Balaban J connectivity index is 3.01. The molecular formula is C11H23. The Morgan fingerprint density at radius 2 is 1.82 bits per heavy atom. The zero-order chi connectivity index (χ0) is 8.69. The van der Waals surface area contributed by atoms with Crippen molar-refractivity contribution < 1.29 is 0 Å². The summed E-state index contributed by atoms with van der Waals surface area (Å²) < 4.78 is 0. The molecular weight excluding hydrogens is 132 g/mol. The van der Waals surface area contributed by atoms with Crippen LogP contribution in [0.25, 0.3) is 0 Å². The predicted octanol–water partition coefficient (Wildman–Crippen LogP) is 4.06. The third-order valence-corrected chi connectivity index (χ3v) is 2.21. The van der Waals surface area contributed by atoms with Gasteiger partial charge in [0.2, 0.25) is 0 Å². The molecule has 0 heterocycles. The van der Waals surface area contributed by atoms with Gasteiger partial charge in [-0.05, 0) is 31.1 Å². The third-order valence-electron chi connectivity index (χ3n) is 2.21. The van der Waals surface area contributed by atoms with E-state index in [0.29, 0.717) is 0 Å². The van der Waals surface area contributed by atoms with Gasteiger partial charge in [-0.15, -0.1) is 0 Å². The van der Waals surface area contributed by atoms with Crippen LogP contribution >= 0.6 is 0 Å². The monoisotopic (exact) mass is 155 g/mol. The smallest absolute Gasteiger partial charge is 0.0383 e. The predicted molar refractivity (Wildman–Crippen MR) is 52.4 cm³/mol.